The Morgan fingerprint density at radius 2 is 2.05 bits per heavy atom. The highest BCUT2D eigenvalue weighted by molar-refractivity contribution is 9.09. The van der Waals surface area contributed by atoms with E-state index in [0.717, 1.165) is 23.7 Å². The topological polar surface area (TPSA) is 46.2 Å². The minimum absolute atomic E-state index is 0.332. The molecule has 0 spiro atoms. The van der Waals surface area contributed by atoms with Crippen LogP contribution in [-0.4, -0.2) is 13.7 Å². The first-order chi connectivity index (χ1) is 9.12. The van der Waals surface area contributed by atoms with Gasteiger partial charge in [-0.05, 0) is 42.0 Å². The Morgan fingerprint density at radius 1 is 1.21 bits per heavy atom. The van der Waals surface area contributed by atoms with Gasteiger partial charge in [0.25, 0.3) is 10.0 Å². The molecule has 0 amide bonds. The second kappa shape index (κ2) is 6.54. The third-order valence-electron chi connectivity index (χ3n) is 2.54. The number of hydrogen-bond acceptors (Lipinski definition) is 3. The summed E-state index contributed by atoms with van der Waals surface area (Å²) in [6.07, 6.45) is 1.96. The Morgan fingerprint density at radius 3 is 2.74 bits per heavy atom. The van der Waals surface area contributed by atoms with Crippen molar-refractivity contribution in [2.75, 3.05) is 10.1 Å². The maximum absolute atomic E-state index is 12.1. The average Bonchev–Trinajstić information content (AvgIpc) is 2.91. The summed E-state index contributed by atoms with van der Waals surface area (Å²) in [6, 6.07) is 10.9. The van der Waals surface area contributed by atoms with Crippen LogP contribution in [0.4, 0.5) is 5.69 Å². The van der Waals surface area contributed by atoms with Crippen molar-refractivity contribution in [1.82, 2.24) is 0 Å². The molecule has 2 rings (SSSR count). The first-order valence-electron chi connectivity index (χ1n) is 5.83. The van der Waals surface area contributed by atoms with Gasteiger partial charge in [0, 0.05) is 11.0 Å². The van der Waals surface area contributed by atoms with Crippen LogP contribution >= 0.6 is 27.3 Å². The van der Waals surface area contributed by atoms with E-state index in [0.29, 0.717) is 9.90 Å². The van der Waals surface area contributed by atoms with Gasteiger partial charge in [-0.2, -0.15) is 0 Å². The van der Waals surface area contributed by atoms with Crippen molar-refractivity contribution in [2.45, 2.75) is 17.1 Å². The number of thiophene rings is 1. The Hall–Kier alpha value is -0.850. The Bertz CT molecular complexity index is 624. The molecule has 1 heterocycles. The predicted molar refractivity (Wildman–Crippen MR) is 83.7 cm³/mol. The Kier molecular flexibility index (Phi) is 5.01. The molecule has 102 valence electrons. The minimum Gasteiger partial charge on any atom is -0.279 e. The molecule has 0 fully saturated rings. The summed E-state index contributed by atoms with van der Waals surface area (Å²) in [6.45, 7) is 0. The van der Waals surface area contributed by atoms with Crippen molar-refractivity contribution >= 4 is 43.0 Å². The molecule has 0 saturated heterocycles. The molecular weight excluding hydrogens is 346 g/mol. The molecule has 1 N–H and O–H groups in total. The molecule has 1 aromatic carbocycles. The van der Waals surface area contributed by atoms with Crippen molar-refractivity contribution in [3.05, 3.63) is 47.3 Å². The molecule has 0 radical (unpaired) electrons. The number of halogens is 1. The number of nitrogens with one attached hydrogen (secondary N) is 1. The van der Waals surface area contributed by atoms with Gasteiger partial charge in [0.2, 0.25) is 0 Å². The number of benzene rings is 1. The van der Waals surface area contributed by atoms with E-state index in [1.807, 2.05) is 18.2 Å². The van der Waals surface area contributed by atoms with Crippen molar-refractivity contribution in [2.24, 2.45) is 0 Å². The van der Waals surface area contributed by atoms with Gasteiger partial charge in [0.1, 0.15) is 4.21 Å². The fourth-order valence-electron chi connectivity index (χ4n) is 1.68. The lowest BCUT2D eigenvalue weighted by atomic mass is 10.1. The normalized spacial score (nSPS) is 11.4. The van der Waals surface area contributed by atoms with E-state index in [1.54, 1.807) is 23.6 Å². The molecule has 0 aliphatic heterocycles. The van der Waals surface area contributed by atoms with E-state index in [2.05, 4.69) is 20.7 Å². The van der Waals surface area contributed by atoms with Crippen molar-refractivity contribution in [3.63, 3.8) is 0 Å². The maximum Gasteiger partial charge on any atom is 0.271 e. The second-order valence-corrected chi connectivity index (χ2v) is 7.68. The van der Waals surface area contributed by atoms with Crippen LogP contribution in [0, 0.1) is 0 Å². The molecule has 0 aliphatic carbocycles. The highest BCUT2D eigenvalue weighted by atomic mass is 79.9. The summed E-state index contributed by atoms with van der Waals surface area (Å²) in [5.74, 6) is 0. The second-order valence-electron chi connectivity index (χ2n) is 4.03. The van der Waals surface area contributed by atoms with E-state index < -0.39 is 10.0 Å². The first kappa shape index (κ1) is 14.6. The maximum atomic E-state index is 12.1. The van der Waals surface area contributed by atoms with Crippen LogP contribution in [0.3, 0.4) is 0 Å². The van der Waals surface area contributed by atoms with Crippen LogP contribution in [0.2, 0.25) is 0 Å². The van der Waals surface area contributed by atoms with Crippen molar-refractivity contribution < 1.29 is 8.42 Å². The van der Waals surface area contributed by atoms with Crippen LogP contribution < -0.4 is 4.72 Å². The fourth-order valence-corrected chi connectivity index (χ4v) is 4.01. The zero-order chi connectivity index (χ0) is 13.7. The van der Waals surface area contributed by atoms with E-state index >= 15 is 0 Å². The third-order valence-corrected chi connectivity index (χ3v) is 5.88. The zero-order valence-corrected chi connectivity index (χ0v) is 13.4. The lowest BCUT2D eigenvalue weighted by Gasteiger charge is -2.08. The van der Waals surface area contributed by atoms with Gasteiger partial charge in [-0.1, -0.05) is 34.1 Å². The molecule has 0 atom stereocenters. The standard InChI is InChI=1S/C13H14BrNO2S2/c14-8-2-5-11-4-1-6-12(10-11)15-19(16,17)13-7-3-9-18-13/h1,3-4,6-7,9-10,15H,2,5,8H2. The summed E-state index contributed by atoms with van der Waals surface area (Å²) in [5.41, 5.74) is 1.74. The third kappa shape index (κ3) is 4.06. The molecule has 3 nitrogen and oxygen atoms in total. The van der Waals surface area contributed by atoms with Crippen molar-refractivity contribution in [3.8, 4) is 0 Å². The lowest BCUT2D eigenvalue weighted by molar-refractivity contribution is 0.603. The largest absolute Gasteiger partial charge is 0.279 e. The first-order valence-corrected chi connectivity index (χ1v) is 9.31. The fraction of sp³-hybridized carbons (Fsp3) is 0.231. The summed E-state index contributed by atoms with van der Waals surface area (Å²) in [7, 11) is -3.45. The van der Waals surface area contributed by atoms with Crippen LogP contribution in [-0.2, 0) is 16.4 Å². The van der Waals surface area contributed by atoms with E-state index in [-0.39, 0.29) is 0 Å². The molecule has 2 aromatic rings. The monoisotopic (exact) mass is 359 g/mol. The summed E-state index contributed by atoms with van der Waals surface area (Å²) in [5, 5.41) is 2.69. The quantitative estimate of drug-likeness (QED) is 0.795. The average molecular weight is 360 g/mol. The van der Waals surface area contributed by atoms with Crippen LogP contribution in [0.5, 0.6) is 0 Å². The Labute approximate surface area is 125 Å². The Balaban J connectivity index is 2.15. The zero-order valence-electron chi connectivity index (χ0n) is 10.2. The van der Waals surface area contributed by atoms with Crippen molar-refractivity contribution in [1.29, 1.82) is 0 Å². The highest BCUT2D eigenvalue weighted by Gasteiger charge is 2.14. The number of anilines is 1. The van der Waals surface area contributed by atoms with E-state index in [4.69, 9.17) is 0 Å². The molecular formula is C13H14BrNO2S2. The van der Waals surface area contributed by atoms with Crippen LogP contribution in [0.1, 0.15) is 12.0 Å². The molecule has 19 heavy (non-hydrogen) atoms. The van der Waals surface area contributed by atoms with Crippen LogP contribution in [0.25, 0.3) is 0 Å². The van der Waals surface area contributed by atoms with Gasteiger partial charge in [-0.25, -0.2) is 8.42 Å². The van der Waals surface area contributed by atoms with Gasteiger partial charge in [0.15, 0.2) is 0 Å². The summed E-state index contributed by atoms with van der Waals surface area (Å²) in [4.78, 5) is 0. The number of rotatable bonds is 6. The van der Waals surface area contributed by atoms with Crippen LogP contribution in [0.15, 0.2) is 46.0 Å². The smallest absolute Gasteiger partial charge is 0.271 e. The molecule has 0 unspecified atom stereocenters. The summed E-state index contributed by atoms with van der Waals surface area (Å²) >= 11 is 4.60. The summed E-state index contributed by atoms with van der Waals surface area (Å²) < 4.78 is 27.1. The van der Waals surface area contributed by atoms with Gasteiger partial charge >= 0.3 is 0 Å². The predicted octanol–water partition coefficient (Wildman–Crippen LogP) is 3.88. The lowest BCUT2D eigenvalue weighted by Crippen LogP contribution is -2.11. The van der Waals surface area contributed by atoms with Gasteiger partial charge in [-0.3, -0.25) is 4.72 Å². The molecule has 0 bridgehead atoms. The SMILES string of the molecule is O=S(=O)(Nc1cccc(CCCBr)c1)c1cccs1. The number of aryl methyl sites for hydroxylation is 1. The number of hydrogen-bond donors (Lipinski definition) is 1. The molecule has 6 heteroatoms. The minimum atomic E-state index is -3.45. The van der Waals surface area contributed by atoms with Gasteiger partial charge in [0.05, 0.1) is 0 Å². The number of sulfonamides is 1. The van der Waals surface area contributed by atoms with Gasteiger partial charge < -0.3 is 0 Å². The molecule has 0 aliphatic rings. The van der Waals surface area contributed by atoms with E-state index in [9.17, 15) is 8.42 Å². The molecule has 0 saturated carbocycles. The highest BCUT2D eigenvalue weighted by Crippen LogP contribution is 2.21. The van der Waals surface area contributed by atoms with Gasteiger partial charge in [-0.15, -0.1) is 11.3 Å². The van der Waals surface area contributed by atoms with E-state index in [1.165, 1.54) is 11.3 Å². The number of alkyl halides is 1. The molecule has 1 aromatic heterocycles.